The van der Waals surface area contributed by atoms with Gasteiger partial charge in [0.1, 0.15) is 5.69 Å². The minimum atomic E-state index is 0.0256. The van der Waals surface area contributed by atoms with Gasteiger partial charge in [0, 0.05) is 44.4 Å². The molecule has 0 aliphatic carbocycles. The maximum absolute atomic E-state index is 12.6. The summed E-state index contributed by atoms with van der Waals surface area (Å²) in [5, 5.41) is 0. The summed E-state index contributed by atoms with van der Waals surface area (Å²) >= 11 is 1.89. The average Bonchev–Trinajstić information content (AvgIpc) is 2.46. The molecule has 5 nitrogen and oxygen atoms in total. The Balaban J connectivity index is 2.31. The lowest BCUT2D eigenvalue weighted by atomic mass is 10.1. The second kappa shape index (κ2) is 6.43. The van der Waals surface area contributed by atoms with Gasteiger partial charge >= 0.3 is 0 Å². The molecule has 20 heavy (non-hydrogen) atoms. The molecular weight excluding hydrogens is 272 g/mol. The number of hydrogen-bond donors (Lipinski definition) is 0. The highest BCUT2D eigenvalue weighted by Crippen LogP contribution is 2.18. The number of nitrogens with zero attached hydrogens (tertiary/aromatic N) is 4. The molecule has 0 unspecified atom stereocenters. The Morgan fingerprint density at radius 1 is 1.30 bits per heavy atom. The lowest BCUT2D eigenvalue weighted by Gasteiger charge is -2.26. The number of thioether (sulfide) groups is 1. The van der Waals surface area contributed by atoms with Gasteiger partial charge in [0.05, 0.1) is 0 Å². The first-order valence-electron chi connectivity index (χ1n) is 6.92. The summed E-state index contributed by atoms with van der Waals surface area (Å²) in [6.45, 7) is 5.77. The van der Waals surface area contributed by atoms with Gasteiger partial charge in [-0.25, -0.2) is 9.97 Å². The molecule has 1 aliphatic heterocycles. The minimum absolute atomic E-state index is 0.0256. The average molecular weight is 294 g/mol. The van der Waals surface area contributed by atoms with Crippen molar-refractivity contribution in [3.8, 4) is 0 Å². The van der Waals surface area contributed by atoms with E-state index >= 15 is 0 Å². The molecule has 1 aromatic heterocycles. The van der Waals surface area contributed by atoms with E-state index in [-0.39, 0.29) is 11.8 Å². The lowest BCUT2D eigenvalue weighted by Crippen LogP contribution is -2.38. The van der Waals surface area contributed by atoms with E-state index in [1.807, 2.05) is 41.7 Å². The van der Waals surface area contributed by atoms with Crippen LogP contribution in [0, 0.1) is 0 Å². The van der Waals surface area contributed by atoms with Gasteiger partial charge in [-0.15, -0.1) is 0 Å². The summed E-state index contributed by atoms with van der Waals surface area (Å²) in [5.74, 6) is 2.92. The predicted molar refractivity (Wildman–Crippen MR) is 83.7 cm³/mol. The molecule has 2 heterocycles. The van der Waals surface area contributed by atoms with Crippen LogP contribution in [0.15, 0.2) is 6.07 Å². The van der Waals surface area contributed by atoms with Crippen molar-refractivity contribution in [2.75, 3.05) is 43.6 Å². The van der Waals surface area contributed by atoms with Gasteiger partial charge < -0.3 is 9.80 Å². The number of carbonyl (C=O) groups is 1. The third-order valence-electron chi connectivity index (χ3n) is 3.24. The van der Waals surface area contributed by atoms with Crippen molar-refractivity contribution in [3.63, 3.8) is 0 Å². The molecule has 6 heteroatoms. The summed E-state index contributed by atoms with van der Waals surface area (Å²) in [7, 11) is 3.79. The normalized spacial score (nSPS) is 15.6. The second-order valence-corrected chi connectivity index (χ2v) is 6.66. The highest BCUT2D eigenvalue weighted by Gasteiger charge is 2.21. The van der Waals surface area contributed by atoms with Gasteiger partial charge in [-0.2, -0.15) is 11.8 Å². The van der Waals surface area contributed by atoms with E-state index < -0.39 is 0 Å². The van der Waals surface area contributed by atoms with Gasteiger partial charge in [0.15, 0.2) is 0 Å². The van der Waals surface area contributed by atoms with Crippen LogP contribution in [-0.2, 0) is 0 Å². The molecule has 1 saturated heterocycles. The largest absolute Gasteiger partial charge is 0.347 e. The van der Waals surface area contributed by atoms with Crippen LogP contribution < -0.4 is 4.90 Å². The van der Waals surface area contributed by atoms with Crippen molar-refractivity contribution in [1.82, 2.24) is 14.9 Å². The Kier molecular flexibility index (Phi) is 4.86. The fourth-order valence-corrected chi connectivity index (χ4v) is 2.89. The van der Waals surface area contributed by atoms with E-state index in [9.17, 15) is 4.79 Å². The fraction of sp³-hybridized carbons (Fsp3) is 0.643. The van der Waals surface area contributed by atoms with Gasteiger partial charge in [0.25, 0.3) is 5.91 Å². The maximum Gasteiger partial charge on any atom is 0.272 e. The first-order chi connectivity index (χ1) is 9.49. The van der Waals surface area contributed by atoms with Crippen molar-refractivity contribution in [2.24, 2.45) is 0 Å². The molecule has 0 aromatic carbocycles. The van der Waals surface area contributed by atoms with Crippen LogP contribution in [0.3, 0.4) is 0 Å². The summed E-state index contributed by atoms with van der Waals surface area (Å²) in [6, 6.07) is 1.84. The SMILES string of the molecule is CC(C)c1cc(C(=O)N2CCSCC2)nc(N(C)C)n1. The van der Waals surface area contributed by atoms with Crippen molar-refractivity contribution >= 4 is 23.6 Å². The van der Waals surface area contributed by atoms with E-state index in [2.05, 4.69) is 23.8 Å². The maximum atomic E-state index is 12.6. The molecule has 0 radical (unpaired) electrons. The topological polar surface area (TPSA) is 49.3 Å². The van der Waals surface area contributed by atoms with Gasteiger partial charge in [-0.1, -0.05) is 13.8 Å². The van der Waals surface area contributed by atoms with Crippen LogP contribution in [0.4, 0.5) is 5.95 Å². The molecule has 0 N–H and O–H groups in total. The first kappa shape index (κ1) is 15.1. The highest BCUT2D eigenvalue weighted by molar-refractivity contribution is 7.99. The Labute approximate surface area is 124 Å². The Morgan fingerprint density at radius 2 is 1.95 bits per heavy atom. The second-order valence-electron chi connectivity index (χ2n) is 5.43. The van der Waals surface area contributed by atoms with Gasteiger partial charge in [-0.05, 0) is 12.0 Å². The Hall–Kier alpha value is -1.30. The standard InChI is InChI=1S/C14H22N4OS/c1-10(2)11-9-12(16-14(15-11)17(3)4)13(19)18-5-7-20-8-6-18/h9-10H,5-8H2,1-4H3. The van der Waals surface area contributed by atoms with E-state index in [1.54, 1.807) is 0 Å². The third kappa shape index (κ3) is 3.42. The number of rotatable bonds is 3. The number of anilines is 1. The Bertz CT molecular complexity index is 458. The molecule has 1 fully saturated rings. The molecule has 1 aliphatic rings. The fourth-order valence-electron chi connectivity index (χ4n) is 1.99. The van der Waals surface area contributed by atoms with Crippen LogP contribution in [0.25, 0.3) is 0 Å². The van der Waals surface area contributed by atoms with E-state index in [0.717, 1.165) is 30.3 Å². The van der Waals surface area contributed by atoms with Gasteiger partial charge in [0.2, 0.25) is 5.95 Å². The molecule has 1 amide bonds. The zero-order chi connectivity index (χ0) is 14.7. The third-order valence-corrected chi connectivity index (χ3v) is 4.19. The summed E-state index contributed by atoms with van der Waals surface area (Å²) in [4.78, 5) is 25.2. The smallest absolute Gasteiger partial charge is 0.272 e. The van der Waals surface area contributed by atoms with Crippen LogP contribution in [-0.4, -0.2) is 59.5 Å². The minimum Gasteiger partial charge on any atom is -0.347 e. The monoisotopic (exact) mass is 294 g/mol. The van der Waals surface area contributed by atoms with Crippen molar-refractivity contribution in [1.29, 1.82) is 0 Å². The molecule has 0 saturated carbocycles. The first-order valence-corrected chi connectivity index (χ1v) is 8.08. The molecule has 0 spiro atoms. The van der Waals surface area contributed by atoms with E-state index in [4.69, 9.17) is 0 Å². The zero-order valence-corrected chi connectivity index (χ0v) is 13.4. The number of carbonyl (C=O) groups excluding carboxylic acids is 1. The summed E-state index contributed by atoms with van der Waals surface area (Å²) in [5.41, 5.74) is 1.43. The van der Waals surface area contributed by atoms with Crippen molar-refractivity contribution < 1.29 is 4.79 Å². The number of amides is 1. The van der Waals surface area contributed by atoms with Gasteiger partial charge in [-0.3, -0.25) is 4.79 Å². The van der Waals surface area contributed by atoms with E-state index in [0.29, 0.717) is 11.6 Å². The van der Waals surface area contributed by atoms with Crippen molar-refractivity contribution in [3.05, 3.63) is 17.5 Å². The van der Waals surface area contributed by atoms with E-state index in [1.165, 1.54) is 0 Å². The Morgan fingerprint density at radius 3 is 2.50 bits per heavy atom. The van der Waals surface area contributed by atoms with Crippen LogP contribution in [0.1, 0.15) is 35.9 Å². The summed E-state index contributed by atoms with van der Waals surface area (Å²) < 4.78 is 0. The molecule has 0 bridgehead atoms. The highest BCUT2D eigenvalue weighted by atomic mass is 32.2. The zero-order valence-electron chi connectivity index (χ0n) is 12.6. The van der Waals surface area contributed by atoms with Crippen LogP contribution in [0.2, 0.25) is 0 Å². The summed E-state index contributed by atoms with van der Waals surface area (Å²) in [6.07, 6.45) is 0. The quantitative estimate of drug-likeness (QED) is 0.851. The molecule has 1 aromatic rings. The molecule has 0 atom stereocenters. The number of hydrogen-bond acceptors (Lipinski definition) is 5. The number of aromatic nitrogens is 2. The van der Waals surface area contributed by atoms with Crippen molar-refractivity contribution in [2.45, 2.75) is 19.8 Å². The molecular formula is C14H22N4OS. The lowest BCUT2D eigenvalue weighted by molar-refractivity contribution is 0.0766. The molecule has 2 rings (SSSR count). The van der Waals surface area contributed by atoms with Crippen LogP contribution >= 0.6 is 11.8 Å². The molecule has 110 valence electrons. The predicted octanol–water partition coefficient (Wildman–Crippen LogP) is 1.86. The van der Waals surface area contributed by atoms with Crippen LogP contribution in [0.5, 0.6) is 0 Å².